The Morgan fingerprint density at radius 1 is 1.24 bits per heavy atom. The number of hydrogen-bond acceptors (Lipinski definition) is 8. The molecule has 2 aliphatic carbocycles. The second-order valence-electron chi connectivity index (χ2n) is 9.79. The Bertz CT molecular complexity index is 1040. The van der Waals surface area contributed by atoms with Gasteiger partial charge in [-0.25, -0.2) is 9.80 Å². The molecule has 2 fully saturated rings. The molecule has 2 saturated heterocycles. The smallest absolute Gasteiger partial charge is 0.413 e. The van der Waals surface area contributed by atoms with Crippen molar-refractivity contribution in [2.45, 2.75) is 36.5 Å². The Morgan fingerprint density at radius 3 is 2.88 bits per heavy atom. The summed E-state index contributed by atoms with van der Waals surface area (Å²) in [5.74, 6) is 0.772. The summed E-state index contributed by atoms with van der Waals surface area (Å²) in [5.41, 5.74) is 4.69. The van der Waals surface area contributed by atoms with Crippen LogP contribution in [0.25, 0.3) is 0 Å². The third-order valence-electron chi connectivity index (χ3n) is 8.02. The lowest BCUT2D eigenvalue weighted by molar-refractivity contribution is -0.126. The Morgan fingerprint density at radius 2 is 2.06 bits per heavy atom. The molecule has 3 heterocycles. The van der Waals surface area contributed by atoms with E-state index in [1.54, 1.807) is 11.1 Å². The molecule has 6 rings (SSSR count). The van der Waals surface area contributed by atoms with Gasteiger partial charge < -0.3 is 29.5 Å². The fourth-order valence-corrected chi connectivity index (χ4v) is 6.49. The number of nitrogens with zero attached hydrogens (tertiary/aromatic N) is 2. The minimum absolute atomic E-state index is 0.206. The van der Waals surface area contributed by atoms with Crippen LogP contribution in [0.4, 0.5) is 4.79 Å². The number of amides is 2. The molecule has 2 bridgehead atoms. The zero-order valence-corrected chi connectivity index (χ0v) is 19.2. The van der Waals surface area contributed by atoms with Crippen LogP contribution in [0.5, 0.6) is 11.5 Å². The first-order valence-electron chi connectivity index (χ1n) is 11.9. The van der Waals surface area contributed by atoms with E-state index in [2.05, 4.69) is 28.8 Å². The molecule has 2 amide bonds. The van der Waals surface area contributed by atoms with Crippen molar-refractivity contribution >= 4 is 12.0 Å². The lowest BCUT2D eigenvalue weighted by Gasteiger charge is -2.56. The lowest BCUT2D eigenvalue weighted by atomic mass is 9.53. The van der Waals surface area contributed by atoms with Gasteiger partial charge >= 0.3 is 6.09 Å². The monoisotopic (exact) mass is 470 g/mol. The number of aliphatic hydroxyl groups is 1. The van der Waals surface area contributed by atoms with Crippen LogP contribution in [-0.2, 0) is 21.4 Å². The van der Waals surface area contributed by atoms with Crippen LogP contribution in [0.1, 0.15) is 17.5 Å². The molecule has 1 spiro atoms. The number of ether oxygens (including phenoxy) is 3. The summed E-state index contributed by atoms with van der Waals surface area (Å²) < 4.78 is 17.2. The summed E-state index contributed by atoms with van der Waals surface area (Å²) in [4.78, 5) is 27.1. The van der Waals surface area contributed by atoms with Crippen molar-refractivity contribution in [1.82, 2.24) is 20.7 Å². The molecule has 0 radical (unpaired) electrons. The SMILES string of the molecule is CN1CC[C@]23c4c5ccc(OC(=O)NCC(=O)NN6CCOCC6)c4O[C@H]2[C@@H](O)C=CC3C1C5. The van der Waals surface area contributed by atoms with Gasteiger partial charge in [0.25, 0.3) is 5.91 Å². The number of likely N-dealkylation sites (N-methyl/N-ethyl adjacent to an activating group) is 1. The van der Waals surface area contributed by atoms with Crippen molar-refractivity contribution in [2.75, 3.05) is 46.4 Å². The normalized spacial score (nSPS) is 33.6. The number of hydrogen-bond donors (Lipinski definition) is 3. The summed E-state index contributed by atoms with van der Waals surface area (Å²) >= 11 is 0. The van der Waals surface area contributed by atoms with Crippen molar-refractivity contribution in [1.29, 1.82) is 0 Å². The number of carbonyl (C=O) groups is 2. The molecule has 10 nitrogen and oxygen atoms in total. The van der Waals surface area contributed by atoms with Gasteiger partial charge in [0.05, 0.1) is 13.2 Å². The zero-order chi connectivity index (χ0) is 23.4. The highest BCUT2D eigenvalue weighted by Crippen LogP contribution is 2.62. The van der Waals surface area contributed by atoms with E-state index in [-0.39, 0.29) is 23.8 Å². The maximum Gasteiger partial charge on any atom is 0.413 e. The van der Waals surface area contributed by atoms with E-state index in [1.807, 2.05) is 12.1 Å². The predicted molar refractivity (Wildman–Crippen MR) is 120 cm³/mol. The molecule has 2 unspecified atom stereocenters. The fourth-order valence-electron chi connectivity index (χ4n) is 6.49. The molecule has 5 atom stereocenters. The lowest BCUT2D eigenvalue weighted by Crippen LogP contribution is -2.64. The number of likely N-dealkylation sites (tertiary alicyclic amines) is 1. The highest BCUT2D eigenvalue weighted by molar-refractivity contribution is 5.82. The third kappa shape index (κ3) is 3.31. The average Bonchev–Trinajstić information content (AvgIpc) is 3.19. The third-order valence-corrected chi connectivity index (χ3v) is 8.02. The van der Waals surface area contributed by atoms with Crippen LogP contribution < -0.4 is 20.2 Å². The molecule has 5 aliphatic rings. The second-order valence-corrected chi connectivity index (χ2v) is 9.79. The first-order valence-corrected chi connectivity index (χ1v) is 11.9. The molecular formula is C24H30N4O6. The first-order chi connectivity index (χ1) is 16.5. The van der Waals surface area contributed by atoms with Gasteiger partial charge in [0.15, 0.2) is 11.5 Å². The summed E-state index contributed by atoms with van der Waals surface area (Å²) in [7, 11) is 2.16. The van der Waals surface area contributed by atoms with Gasteiger partial charge in [0, 0.05) is 36.0 Å². The molecule has 3 aliphatic heterocycles. The largest absolute Gasteiger partial charge is 0.482 e. The predicted octanol–water partition coefficient (Wildman–Crippen LogP) is -0.0557. The van der Waals surface area contributed by atoms with Crippen molar-refractivity contribution in [3.8, 4) is 11.5 Å². The van der Waals surface area contributed by atoms with Gasteiger partial charge in [0.1, 0.15) is 18.8 Å². The molecular weight excluding hydrogens is 440 g/mol. The van der Waals surface area contributed by atoms with E-state index in [4.69, 9.17) is 14.2 Å². The number of hydrazine groups is 1. The van der Waals surface area contributed by atoms with Crippen LogP contribution in [0.15, 0.2) is 24.3 Å². The number of rotatable bonds is 4. The standard InChI is InChI=1S/C24H30N4O6/c1-27-7-6-24-15-3-4-17(29)22(24)34-21-18(5-2-14(20(21)24)12-16(15)27)33-23(31)25-13-19(30)26-28-8-10-32-11-9-28/h2-5,15-17,22,29H,6-13H2,1H3,(H,25,31)(H,26,30)/t15?,16?,17-,22-,24-/m0/s1. The van der Waals surface area contributed by atoms with Crippen LogP contribution in [-0.4, -0.2) is 91.7 Å². The number of carbonyl (C=O) groups excluding carboxylic acids is 2. The van der Waals surface area contributed by atoms with Crippen molar-refractivity contribution in [2.24, 2.45) is 5.92 Å². The van der Waals surface area contributed by atoms with E-state index in [1.165, 1.54) is 5.56 Å². The zero-order valence-electron chi connectivity index (χ0n) is 19.2. The maximum atomic E-state index is 12.5. The van der Waals surface area contributed by atoms with E-state index < -0.39 is 18.3 Å². The quantitative estimate of drug-likeness (QED) is 0.525. The second kappa shape index (κ2) is 8.23. The average molecular weight is 471 g/mol. The Balaban J connectivity index is 1.20. The number of aliphatic hydroxyl groups excluding tert-OH is 1. The number of benzene rings is 1. The van der Waals surface area contributed by atoms with Crippen LogP contribution in [0, 0.1) is 5.92 Å². The minimum Gasteiger partial charge on any atom is -0.482 e. The Labute approximate surface area is 197 Å². The fraction of sp³-hybridized carbons (Fsp3) is 0.583. The number of nitrogens with one attached hydrogen (secondary N) is 2. The molecule has 10 heteroatoms. The number of piperidine rings is 1. The van der Waals surface area contributed by atoms with E-state index in [0.717, 1.165) is 24.9 Å². The Kier molecular flexibility index (Phi) is 5.29. The highest BCUT2D eigenvalue weighted by atomic mass is 16.6. The molecule has 34 heavy (non-hydrogen) atoms. The molecule has 1 aromatic carbocycles. The van der Waals surface area contributed by atoms with E-state index >= 15 is 0 Å². The van der Waals surface area contributed by atoms with Crippen molar-refractivity contribution < 1.29 is 28.9 Å². The summed E-state index contributed by atoms with van der Waals surface area (Å²) in [6.45, 7) is 3.04. The molecule has 0 saturated carbocycles. The van der Waals surface area contributed by atoms with Crippen LogP contribution in [0.2, 0.25) is 0 Å². The van der Waals surface area contributed by atoms with Gasteiger partial charge in [-0.2, -0.15) is 0 Å². The van der Waals surface area contributed by atoms with E-state index in [9.17, 15) is 14.7 Å². The van der Waals surface area contributed by atoms with Gasteiger partial charge in [-0.15, -0.1) is 0 Å². The van der Waals surface area contributed by atoms with Gasteiger partial charge in [-0.1, -0.05) is 18.2 Å². The topological polar surface area (TPSA) is 113 Å². The van der Waals surface area contributed by atoms with Gasteiger partial charge in [-0.05, 0) is 38.1 Å². The summed E-state index contributed by atoms with van der Waals surface area (Å²) in [6, 6.07) is 4.11. The minimum atomic E-state index is -0.725. The molecule has 1 aromatic rings. The Hall–Kier alpha value is -2.66. The van der Waals surface area contributed by atoms with Crippen molar-refractivity contribution in [3.05, 3.63) is 35.4 Å². The van der Waals surface area contributed by atoms with Gasteiger partial charge in [-0.3, -0.25) is 10.2 Å². The number of morpholine rings is 1. The molecule has 182 valence electrons. The molecule has 0 aromatic heterocycles. The summed E-state index contributed by atoms with van der Waals surface area (Å²) in [6.07, 6.45) is 3.90. The van der Waals surface area contributed by atoms with Crippen LogP contribution in [0.3, 0.4) is 0 Å². The van der Waals surface area contributed by atoms with Crippen LogP contribution >= 0.6 is 0 Å². The molecule has 3 N–H and O–H groups in total. The maximum absolute atomic E-state index is 12.5. The van der Waals surface area contributed by atoms with E-state index in [0.29, 0.717) is 43.8 Å². The highest BCUT2D eigenvalue weighted by Gasteiger charge is 2.64. The van der Waals surface area contributed by atoms with Crippen molar-refractivity contribution in [3.63, 3.8) is 0 Å². The van der Waals surface area contributed by atoms with Gasteiger partial charge in [0.2, 0.25) is 0 Å². The first kappa shape index (κ1) is 21.8. The summed E-state index contributed by atoms with van der Waals surface area (Å²) in [5, 5.41) is 15.1.